The second-order valence-electron chi connectivity index (χ2n) is 3.87. The number of nitrogens with zero attached hydrogens (tertiary/aromatic N) is 3. The summed E-state index contributed by atoms with van der Waals surface area (Å²) in [6.45, 7) is 4.90. The number of aliphatic hydroxyl groups is 1. The molecular formula is C10H15N3O3. The monoisotopic (exact) mass is 225 g/mol. The van der Waals surface area contributed by atoms with Gasteiger partial charge in [0, 0.05) is 4.91 Å². The molecule has 1 fully saturated rings. The average molecular weight is 225 g/mol. The molecule has 1 aliphatic heterocycles. The van der Waals surface area contributed by atoms with Crippen molar-refractivity contribution in [1.82, 2.24) is 0 Å². The van der Waals surface area contributed by atoms with Gasteiger partial charge in [0.1, 0.15) is 12.2 Å². The van der Waals surface area contributed by atoms with Crippen molar-refractivity contribution in [3.8, 4) is 11.8 Å². The first kappa shape index (κ1) is 12.8. The Balaban J connectivity index is 2.90. The molecule has 16 heavy (non-hydrogen) atoms. The summed E-state index contributed by atoms with van der Waals surface area (Å²) in [6, 6.07) is -0.683. The van der Waals surface area contributed by atoms with Crippen LogP contribution in [0.3, 0.4) is 0 Å². The molecule has 0 amide bonds. The van der Waals surface area contributed by atoms with Crippen molar-refractivity contribution in [2.24, 2.45) is 5.11 Å². The zero-order valence-electron chi connectivity index (χ0n) is 9.54. The fourth-order valence-corrected chi connectivity index (χ4v) is 1.60. The third-order valence-electron chi connectivity index (χ3n) is 2.18. The Kier molecular flexibility index (Phi) is 4.16. The molecule has 1 N–H and O–H groups in total. The molecule has 1 rings (SSSR count). The zero-order chi connectivity index (χ0) is 12.2. The Hall–Kier alpha value is -1.25. The molecule has 1 heterocycles. The van der Waals surface area contributed by atoms with Gasteiger partial charge in [-0.2, -0.15) is 0 Å². The third-order valence-corrected chi connectivity index (χ3v) is 2.18. The van der Waals surface area contributed by atoms with E-state index in [-0.39, 0.29) is 6.61 Å². The molecule has 0 saturated carbocycles. The topological polar surface area (TPSA) is 87.5 Å². The summed E-state index contributed by atoms with van der Waals surface area (Å²) in [6.07, 6.45) is -1.02. The smallest absolute Gasteiger partial charge is 0.165 e. The van der Waals surface area contributed by atoms with E-state index in [0.29, 0.717) is 0 Å². The highest BCUT2D eigenvalue weighted by atomic mass is 16.8. The van der Waals surface area contributed by atoms with E-state index in [1.54, 1.807) is 20.8 Å². The Labute approximate surface area is 94.2 Å². The van der Waals surface area contributed by atoms with E-state index in [0.717, 1.165) is 0 Å². The van der Waals surface area contributed by atoms with Crippen LogP contribution in [-0.4, -0.2) is 35.8 Å². The maximum Gasteiger partial charge on any atom is 0.165 e. The molecule has 0 aromatic rings. The first-order valence-electron chi connectivity index (χ1n) is 4.97. The predicted octanol–water partition coefficient (Wildman–Crippen LogP) is 1.20. The number of aliphatic hydroxyl groups excluding tert-OH is 1. The average Bonchev–Trinajstić information content (AvgIpc) is 2.51. The van der Waals surface area contributed by atoms with Crippen molar-refractivity contribution in [2.45, 2.75) is 44.8 Å². The minimum Gasteiger partial charge on any atom is -0.396 e. The fraction of sp³-hybridized carbons (Fsp3) is 0.800. The van der Waals surface area contributed by atoms with Gasteiger partial charge in [-0.15, -0.1) is 5.92 Å². The van der Waals surface area contributed by atoms with Crippen molar-refractivity contribution in [3.05, 3.63) is 10.4 Å². The molecule has 0 aromatic heterocycles. The SMILES string of the molecule is CC#C[C@H]1OC(C)(C)O[C@H]1[C@H](CO)N=[N+]=[N-]. The van der Waals surface area contributed by atoms with Crippen LogP contribution in [0.5, 0.6) is 0 Å². The fourth-order valence-electron chi connectivity index (χ4n) is 1.60. The highest BCUT2D eigenvalue weighted by Gasteiger charge is 2.44. The maximum absolute atomic E-state index is 9.13. The van der Waals surface area contributed by atoms with Gasteiger partial charge in [-0.1, -0.05) is 11.0 Å². The highest BCUT2D eigenvalue weighted by molar-refractivity contribution is 5.10. The zero-order valence-corrected chi connectivity index (χ0v) is 9.54. The van der Waals surface area contributed by atoms with E-state index in [4.69, 9.17) is 20.1 Å². The third kappa shape index (κ3) is 2.87. The van der Waals surface area contributed by atoms with E-state index in [9.17, 15) is 0 Å². The Morgan fingerprint density at radius 1 is 1.56 bits per heavy atom. The van der Waals surface area contributed by atoms with Crippen LogP contribution in [0.1, 0.15) is 20.8 Å². The summed E-state index contributed by atoms with van der Waals surface area (Å²) in [5.41, 5.74) is 8.39. The van der Waals surface area contributed by atoms with Crippen LogP contribution in [-0.2, 0) is 9.47 Å². The van der Waals surface area contributed by atoms with Crippen molar-refractivity contribution in [3.63, 3.8) is 0 Å². The normalized spacial score (nSPS) is 28.8. The molecule has 6 heteroatoms. The van der Waals surface area contributed by atoms with Gasteiger partial charge in [-0.05, 0) is 26.3 Å². The molecule has 0 aromatic carbocycles. The number of hydrogen-bond acceptors (Lipinski definition) is 4. The molecule has 1 saturated heterocycles. The van der Waals surface area contributed by atoms with Crippen molar-refractivity contribution < 1.29 is 14.6 Å². The summed E-state index contributed by atoms with van der Waals surface area (Å²) in [5, 5.41) is 12.6. The molecule has 3 atom stereocenters. The lowest BCUT2D eigenvalue weighted by Gasteiger charge is -2.19. The van der Waals surface area contributed by atoms with Crippen LogP contribution in [0.4, 0.5) is 0 Å². The lowest BCUT2D eigenvalue weighted by atomic mass is 10.1. The summed E-state index contributed by atoms with van der Waals surface area (Å²) in [7, 11) is 0. The van der Waals surface area contributed by atoms with Crippen molar-refractivity contribution >= 4 is 0 Å². The molecule has 6 nitrogen and oxygen atoms in total. The molecule has 1 aliphatic rings. The van der Waals surface area contributed by atoms with Crippen LogP contribution in [0.25, 0.3) is 10.4 Å². The van der Waals surface area contributed by atoms with E-state index >= 15 is 0 Å². The number of hydrogen-bond donors (Lipinski definition) is 1. The van der Waals surface area contributed by atoms with E-state index in [1.165, 1.54) is 0 Å². The van der Waals surface area contributed by atoms with Gasteiger partial charge in [0.15, 0.2) is 5.79 Å². The second kappa shape index (κ2) is 5.19. The summed E-state index contributed by atoms with van der Waals surface area (Å²) >= 11 is 0. The molecule has 0 bridgehead atoms. The minimum atomic E-state index is -0.780. The van der Waals surface area contributed by atoms with Crippen molar-refractivity contribution in [2.75, 3.05) is 6.61 Å². The first-order valence-corrected chi connectivity index (χ1v) is 4.97. The quantitative estimate of drug-likeness (QED) is 0.339. The lowest BCUT2D eigenvalue weighted by Crippen LogP contribution is -2.35. The molecule has 0 unspecified atom stereocenters. The molecular weight excluding hydrogens is 210 g/mol. The van der Waals surface area contributed by atoms with Gasteiger partial charge in [0.2, 0.25) is 0 Å². The number of azide groups is 1. The van der Waals surface area contributed by atoms with Crippen LogP contribution in [0.2, 0.25) is 0 Å². The van der Waals surface area contributed by atoms with Gasteiger partial charge in [-0.3, -0.25) is 0 Å². The number of ether oxygens (including phenoxy) is 2. The molecule has 0 radical (unpaired) electrons. The second-order valence-corrected chi connectivity index (χ2v) is 3.87. The van der Waals surface area contributed by atoms with Crippen LogP contribution in [0.15, 0.2) is 5.11 Å². The van der Waals surface area contributed by atoms with Gasteiger partial charge >= 0.3 is 0 Å². The van der Waals surface area contributed by atoms with Crippen molar-refractivity contribution in [1.29, 1.82) is 0 Å². The maximum atomic E-state index is 9.13. The first-order chi connectivity index (χ1) is 7.54. The Morgan fingerprint density at radius 2 is 2.25 bits per heavy atom. The predicted molar refractivity (Wildman–Crippen MR) is 57.3 cm³/mol. The Bertz CT molecular complexity index is 352. The minimum absolute atomic E-state index is 0.296. The van der Waals surface area contributed by atoms with Gasteiger partial charge in [0.05, 0.1) is 12.6 Å². The van der Waals surface area contributed by atoms with E-state index < -0.39 is 24.0 Å². The lowest BCUT2D eigenvalue weighted by molar-refractivity contribution is -0.145. The van der Waals surface area contributed by atoms with Crippen LogP contribution < -0.4 is 0 Å². The molecule has 0 aliphatic carbocycles. The largest absolute Gasteiger partial charge is 0.396 e. The van der Waals surface area contributed by atoms with E-state index in [1.807, 2.05) is 0 Å². The highest BCUT2D eigenvalue weighted by Crippen LogP contribution is 2.30. The standard InChI is InChI=1S/C10H15N3O3/c1-4-5-8-9(7(6-14)12-13-11)16-10(2,3)15-8/h7-9,14H,6H2,1-3H3/t7-,8+,9-/m0/s1. The summed E-state index contributed by atoms with van der Waals surface area (Å²) < 4.78 is 11.1. The van der Waals surface area contributed by atoms with Crippen LogP contribution in [0, 0.1) is 11.8 Å². The number of rotatable bonds is 3. The van der Waals surface area contributed by atoms with Gasteiger partial charge in [-0.25, -0.2) is 0 Å². The summed E-state index contributed by atoms with van der Waals surface area (Å²) in [5.74, 6) is 4.78. The molecule has 88 valence electrons. The van der Waals surface area contributed by atoms with E-state index in [2.05, 4.69) is 21.9 Å². The van der Waals surface area contributed by atoms with Gasteiger partial charge in [0.25, 0.3) is 0 Å². The molecule has 0 spiro atoms. The Morgan fingerprint density at radius 3 is 2.75 bits per heavy atom. The summed E-state index contributed by atoms with van der Waals surface area (Å²) in [4.78, 5) is 2.68. The van der Waals surface area contributed by atoms with Gasteiger partial charge < -0.3 is 14.6 Å². The van der Waals surface area contributed by atoms with Crippen LogP contribution >= 0.6 is 0 Å².